The highest BCUT2D eigenvalue weighted by molar-refractivity contribution is 9.10. The van der Waals surface area contributed by atoms with E-state index in [1.54, 1.807) is 0 Å². The van der Waals surface area contributed by atoms with E-state index in [1.165, 1.54) is 0 Å². The van der Waals surface area contributed by atoms with Crippen LogP contribution in [0.2, 0.25) is 0 Å². The largest absolute Gasteiger partial charge is 0.323 e. The van der Waals surface area contributed by atoms with E-state index < -0.39 is 0 Å². The van der Waals surface area contributed by atoms with Crippen molar-refractivity contribution in [3.05, 3.63) is 40.5 Å². The van der Waals surface area contributed by atoms with Gasteiger partial charge in [0.15, 0.2) is 0 Å². The molecule has 1 unspecified atom stereocenters. The highest BCUT2D eigenvalue weighted by atomic mass is 79.9. The van der Waals surface area contributed by atoms with Crippen LogP contribution in [0.15, 0.2) is 34.8 Å². The molecular weight excluding hydrogens is 278 g/mol. The third kappa shape index (κ3) is 2.42. The molecule has 0 bridgehead atoms. The summed E-state index contributed by atoms with van der Waals surface area (Å²) in [4.78, 5) is 0. The van der Waals surface area contributed by atoms with E-state index in [0.29, 0.717) is 0 Å². The summed E-state index contributed by atoms with van der Waals surface area (Å²) in [6.07, 6.45) is 0. The van der Waals surface area contributed by atoms with Crippen molar-refractivity contribution in [2.75, 3.05) is 0 Å². The van der Waals surface area contributed by atoms with E-state index in [9.17, 15) is 0 Å². The Hall–Kier alpha value is -1.13. The van der Waals surface area contributed by atoms with Crippen molar-refractivity contribution in [1.82, 2.24) is 9.78 Å². The van der Waals surface area contributed by atoms with Gasteiger partial charge in [0.25, 0.3) is 0 Å². The molecule has 0 aliphatic rings. The molecular formula is C13H16BrN3. The van der Waals surface area contributed by atoms with Gasteiger partial charge in [0, 0.05) is 22.6 Å². The van der Waals surface area contributed by atoms with Crippen molar-refractivity contribution >= 4 is 15.9 Å². The van der Waals surface area contributed by atoms with Gasteiger partial charge in [0.1, 0.15) is 0 Å². The third-order valence-electron chi connectivity index (χ3n) is 2.71. The Balaban J connectivity index is 2.55. The van der Waals surface area contributed by atoms with E-state index in [-0.39, 0.29) is 6.04 Å². The van der Waals surface area contributed by atoms with Gasteiger partial charge in [0.2, 0.25) is 0 Å². The standard InChI is InChI=1S/C13H16BrN3/c1-3-17-13(8-12(16-17)9(2)15)10-6-4-5-7-11(10)14/h4-9H,3,15H2,1-2H3. The summed E-state index contributed by atoms with van der Waals surface area (Å²) in [7, 11) is 0. The number of hydrogen-bond acceptors (Lipinski definition) is 2. The molecule has 0 radical (unpaired) electrons. The molecule has 2 aromatic rings. The number of benzene rings is 1. The average molecular weight is 294 g/mol. The zero-order valence-corrected chi connectivity index (χ0v) is 11.6. The van der Waals surface area contributed by atoms with Crippen molar-refractivity contribution < 1.29 is 0 Å². The summed E-state index contributed by atoms with van der Waals surface area (Å²) in [5.41, 5.74) is 9.06. The summed E-state index contributed by atoms with van der Waals surface area (Å²) in [6.45, 7) is 4.87. The summed E-state index contributed by atoms with van der Waals surface area (Å²) in [5.74, 6) is 0. The van der Waals surface area contributed by atoms with Crippen LogP contribution < -0.4 is 5.73 Å². The smallest absolute Gasteiger partial charge is 0.0795 e. The van der Waals surface area contributed by atoms with Crippen LogP contribution in [-0.2, 0) is 6.54 Å². The lowest BCUT2D eigenvalue weighted by Crippen LogP contribution is -2.07. The fourth-order valence-corrected chi connectivity index (χ4v) is 2.27. The minimum Gasteiger partial charge on any atom is -0.323 e. The van der Waals surface area contributed by atoms with Gasteiger partial charge < -0.3 is 5.73 Å². The monoisotopic (exact) mass is 293 g/mol. The van der Waals surface area contributed by atoms with Crippen LogP contribution in [0.5, 0.6) is 0 Å². The molecule has 0 spiro atoms. The van der Waals surface area contributed by atoms with Crippen LogP contribution in [0.3, 0.4) is 0 Å². The predicted octanol–water partition coefficient (Wildman–Crippen LogP) is 3.35. The lowest BCUT2D eigenvalue weighted by atomic mass is 10.1. The van der Waals surface area contributed by atoms with Crippen LogP contribution in [0.25, 0.3) is 11.3 Å². The molecule has 3 nitrogen and oxygen atoms in total. The number of aryl methyl sites for hydroxylation is 1. The number of aromatic nitrogens is 2. The molecule has 1 aromatic heterocycles. The Kier molecular flexibility index (Phi) is 3.64. The molecule has 17 heavy (non-hydrogen) atoms. The van der Waals surface area contributed by atoms with E-state index in [1.807, 2.05) is 29.8 Å². The number of rotatable bonds is 3. The van der Waals surface area contributed by atoms with Gasteiger partial charge in [-0.15, -0.1) is 0 Å². The predicted molar refractivity (Wildman–Crippen MR) is 73.6 cm³/mol. The molecule has 0 aliphatic carbocycles. The zero-order valence-electron chi connectivity index (χ0n) is 10.0. The van der Waals surface area contributed by atoms with E-state index in [4.69, 9.17) is 5.73 Å². The summed E-state index contributed by atoms with van der Waals surface area (Å²) in [6, 6.07) is 10.2. The Morgan fingerprint density at radius 1 is 1.41 bits per heavy atom. The highest BCUT2D eigenvalue weighted by Gasteiger charge is 2.13. The molecule has 0 amide bonds. The van der Waals surface area contributed by atoms with Gasteiger partial charge in [-0.25, -0.2) is 0 Å². The highest BCUT2D eigenvalue weighted by Crippen LogP contribution is 2.29. The molecule has 2 N–H and O–H groups in total. The lowest BCUT2D eigenvalue weighted by Gasteiger charge is -2.06. The number of halogens is 1. The lowest BCUT2D eigenvalue weighted by molar-refractivity contribution is 0.636. The second-order valence-corrected chi connectivity index (χ2v) is 4.89. The van der Waals surface area contributed by atoms with Crippen LogP contribution in [0, 0.1) is 0 Å². The number of nitrogens with two attached hydrogens (primary N) is 1. The van der Waals surface area contributed by atoms with Crippen molar-refractivity contribution in [3.63, 3.8) is 0 Å². The fraction of sp³-hybridized carbons (Fsp3) is 0.308. The van der Waals surface area contributed by atoms with E-state index >= 15 is 0 Å². The second-order valence-electron chi connectivity index (χ2n) is 4.04. The van der Waals surface area contributed by atoms with Crippen LogP contribution in [-0.4, -0.2) is 9.78 Å². The molecule has 1 aromatic carbocycles. The van der Waals surface area contributed by atoms with Crippen molar-refractivity contribution in [2.24, 2.45) is 5.73 Å². The van der Waals surface area contributed by atoms with Gasteiger partial charge >= 0.3 is 0 Å². The van der Waals surface area contributed by atoms with Crippen molar-refractivity contribution in [1.29, 1.82) is 0 Å². The topological polar surface area (TPSA) is 43.8 Å². The molecule has 0 aliphatic heterocycles. The SMILES string of the molecule is CCn1nc(C(C)N)cc1-c1ccccc1Br. The van der Waals surface area contributed by atoms with Gasteiger partial charge in [0.05, 0.1) is 11.4 Å². The fourth-order valence-electron chi connectivity index (χ4n) is 1.79. The molecule has 1 atom stereocenters. The Bertz CT molecular complexity index is 517. The first-order chi connectivity index (χ1) is 8.13. The molecule has 0 fully saturated rings. The molecule has 2 rings (SSSR count). The Morgan fingerprint density at radius 3 is 2.71 bits per heavy atom. The first kappa shape index (κ1) is 12.3. The van der Waals surface area contributed by atoms with Crippen molar-refractivity contribution in [2.45, 2.75) is 26.4 Å². The van der Waals surface area contributed by atoms with E-state index in [0.717, 1.165) is 28.0 Å². The molecule has 0 saturated carbocycles. The maximum atomic E-state index is 5.88. The summed E-state index contributed by atoms with van der Waals surface area (Å²) >= 11 is 3.57. The van der Waals surface area contributed by atoms with E-state index in [2.05, 4.69) is 40.1 Å². The Morgan fingerprint density at radius 2 is 2.12 bits per heavy atom. The summed E-state index contributed by atoms with van der Waals surface area (Å²) in [5, 5.41) is 4.52. The molecule has 4 heteroatoms. The molecule has 90 valence electrons. The van der Waals surface area contributed by atoms with Crippen LogP contribution >= 0.6 is 15.9 Å². The first-order valence-electron chi connectivity index (χ1n) is 5.71. The molecule has 1 heterocycles. The van der Waals surface area contributed by atoms with Gasteiger partial charge in [-0.2, -0.15) is 5.10 Å². The van der Waals surface area contributed by atoms with Gasteiger partial charge in [-0.1, -0.05) is 34.1 Å². The van der Waals surface area contributed by atoms with Gasteiger partial charge in [-0.3, -0.25) is 4.68 Å². The van der Waals surface area contributed by atoms with Crippen LogP contribution in [0.4, 0.5) is 0 Å². The van der Waals surface area contributed by atoms with Gasteiger partial charge in [-0.05, 0) is 26.0 Å². The zero-order chi connectivity index (χ0) is 12.4. The first-order valence-corrected chi connectivity index (χ1v) is 6.51. The Labute approximate surface area is 110 Å². The number of nitrogens with zero attached hydrogens (tertiary/aromatic N) is 2. The quantitative estimate of drug-likeness (QED) is 0.943. The third-order valence-corrected chi connectivity index (χ3v) is 3.41. The minimum absolute atomic E-state index is 0.0379. The minimum atomic E-state index is -0.0379. The maximum Gasteiger partial charge on any atom is 0.0795 e. The number of hydrogen-bond donors (Lipinski definition) is 1. The van der Waals surface area contributed by atoms with Crippen LogP contribution in [0.1, 0.15) is 25.6 Å². The maximum absolute atomic E-state index is 5.88. The second kappa shape index (κ2) is 5.02. The molecule has 0 saturated heterocycles. The normalized spacial score (nSPS) is 12.7. The summed E-state index contributed by atoms with van der Waals surface area (Å²) < 4.78 is 3.06. The van der Waals surface area contributed by atoms with Crippen molar-refractivity contribution in [3.8, 4) is 11.3 Å². The average Bonchev–Trinajstić information content (AvgIpc) is 2.73.